The highest BCUT2D eigenvalue weighted by molar-refractivity contribution is 5.54. The second-order valence-corrected chi connectivity index (χ2v) is 9.49. The van der Waals surface area contributed by atoms with Crippen molar-refractivity contribution in [2.75, 3.05) is 6.54 Å². The zero-order chi connectivity index (χ0) is 18.5. The summed E-state index contributed by atoms with van der Waals surface area (Å²) in [5.41, 5.74) is 8.19. The monoisotopic (exact) mass is 372 g/mol. The van der Waals surface area contributed by atoms with Crippen molar-refractivity contribution in [1.29, 1.82) is 0 Å². The van der Waals surface area contributed by atoms with Gasteiger partial charge in [-0.1, -0.05) is 30.4 Å². The fraction of sp³-hybridized carbons (Fsp3) is 0.538. The van der Waals surface area contributed by atoms with Gasteiger partial charge < -0.3 is 10.2 Å². The van der Waals surface area contributed by atoms with Gasteiger partial charge in [0, 0.05) is 35.6 Å². The van der Waals surface area contributed by atoms with Crippen LogP contribution in [0, 0.1) is 17.8 Å². The molecule has 0 aromatic rings. The molecule has 1 N–H and O–H groups in total. The summed E-state index contributed by atoms with van der Waals surface area (Å²) in [6.07, 6.45) is 28.8. The minimum atomic E-state index is 0.562. The molecule has 4 unspecified atom stereocenters. The smallest absolute Gasteiger partial charge is 0.0588 e. The third kappa shape index (κ3) is 2.60. The summed E-state index contributed by atoms with van der Waals surface area (Å²) in [6.45, 7) is 0.976. The Morgan fingerprint density at radius 2 is 1.96 bits per heavy atom. The highest BCUT2D eigenvalue weighted by atomic mass is 15.2. The fourth-order valence-electron chi connectivity index (χ4n) is 6.70. The minimum absolute atomic E-state index is 0.562. The van der Waals surface area contributed by atoms with Crippen LogP contribution in [0.15, 0.2) is 70.8 Å². The van der Waals surface area contributed by atoms with Crippen molar-refractivity contribution in [2.45, 2.75) is 63.8 Å². The molecule has 6 rings (SSSR count). The Morgan fingerprint density at radius 3 is 2.89 bits per heavy atom. The molecule has 3 aliphatic heterocycles. The normalized spacial score (nSPS) is 35.9. The van der Waals surface area contributed by atoms with Crippen molar-refractivity contribution < 1.29 is 0 Å². The van der Waals surface area contributed by atoms with Gasteiger partial charge in [0.25, 0.3) is 0 Å². The first-order chi connectivity index (χ1) is 13.9. The average molecular weight is 373 g/mol. The maximum Gasteiger partial charge on any atom is 0.0588 e. The quantitative estimate of drug-likeness (QED) is 0.621. The lowest BCUT2D eigenvalue weighted by Gasteiger charge is -2.38. The van der Waals surface area contributed by atoms with E-state index in [4.69, 9.17) is 0 Å². The Bertz CT molecular complexity index is 850. The van der Waals surface area contributed by atoms with Gasteiger partial charge >= 0.3 is 0 Å². The molecule has 28 heavy (non-hydrogen) atoms. The van der Waals surface area contributed by atoms with Crippen LogP contribution in [0.1, 0.15) is 57.8 Å². The SMILES string of the molecule is C1=CCC(CC2CCC3C4=CNCC=C4N4C3=C2CC=C2C=CCCC24)CC1. The molecule has 0 saturated carbocycles. The summed E-state index contributed by atoms with van der Waals surface area (Å²) in [5.74, 6) is 2.32. The molecule has 4 atom stereocenters. The number of nitrogens with zero attached hydrogens (tertiary/aromatic N) is 1. The first-order valence-corrected chi connectivity index (χ1v) is 11.6. The molecule has 0 aromatic carbocycles. The lowest BCUT2D eigenvalue weighted by molar-refractivity contribution is 0.294. The largest absolute Gasteiger partial charge is 0.387 e. The molecule has 3 heterocycles. The first-order valence-electron chi connectivity index (χ1n) is 11.6. The Labute approximate surface area is 169 Å². The summed E-state index contributed by atoms with van der Waals surface area (Å²) in [4.78, 5) is 2.81. The number of fused-ring (bicyclic) bond motifs is 5. The maximum absolute atomic E-state index is 3.51. The van der Waals surface area contributed by atoms with Crippen molar-refractivity contribution in [3.8, 4) is 0 Å². The molecular formula is C26H32N2. The molecule has 146 valence electrons. The van der Waals surface area contributed by atoms with Gasteiger partial charge in [-0.15, -0.1) is 0 Å². The molecular weight excluding hydrogens is 340 g/mol. The number of hydrogen-bond donors (Lipinski definition) is 1. The van der Waals surface area contributed by atoms with Gasteiger partial charge in [0.1, 0.15) is 0 Å². The highest BCUT2D eigenvalue weighted by Crippen LogP contribution is 2.55. The molecule has 1 saturated heterocycles. The molecule has 0 aromatic heterocycles. The molecule has 1 fully saturated rings. The maximum atomic E-state index is 3.51. The molecule has 0 amide bonds. The highest BCUT2D eigenvalue weighted by Gasteiger charge is 2.47. The average Bonchev–Trinajstić information content (AvgIpc) is 2.97. The van der Waals surface area contributed by atoms with Crippen LogP contribution in [0.25, 0.3) is 0 Å². The third-order valence-electron chi connectivity index (χ3n) is 7.98. The predicted octanol–water partition coefficient (Wildman–Crippen LogP) is 5.75. The number of rotatable bonds is 2. The van der Waals surface area contributed by atoms with Crippen LogP contribution in [-0.4, -0.2) is 17.5 Å². The Kier molecular flexibility index (Phi) is 4.13. The number of dihydropyridines is 1. The van der Waals surface area contributed by atoms with Crippen molar-refractivity contribution in [1.82, 2.24) is 10.2 Å². The van der Waals surface area contributed by atoms with Crippen LogP contribution in [0.2, 0.25) is 0 Å². The second-order valence-electron chi connectivity index (χ2n) is 9.49. The summed E-state index contributed by atoms with van der Waals surface area (Å²) in [6, 6.07) is 0.562. The van der Waals surface area contributed by atoms with E-state index in [2.05, 4.69) is 52.9 Å². The van der Waals surface area contributed by atoms with Gasteiger partial charge in [-0.2, -0.15) is 0 Å². The summed E-state index contributed by atoms with van der Waals surface area (Å²) >= 11 is 0. The van der Waals surface area contributed by atoms with Gasteiger partial charge in [-0.25, -0.2) is 0 Å². The number of hydrogen-bond acceptors (Lipinski definition) is 2. The van der Waals surface area contributed by atoms with Gasteiger partial charge in [0.05, 0.1) is 6.04 Å². The van der Waals surface area contributed by atoms with E-state index in [9.17, 15) is 0 Å². The first kappa shape index (κ1) is 16.9. The van der Waals surface area contributed by atoms with Gasteiger partial charge in [0.15, 0.2) is 0 Å². The third-order valence-corrected chi connectivity index (χ3v) is 7.98. The zero-order valence-corrected chi connectivity index (χ0v) is 16.9. The van der Waals surface area contributed by atoms with E-state index in [0.29, 0.717) is 12.0 Å². The molecule has 2 heteroatoms. The van der Waals surface area contributed by atoms with Crippen molar-refractivity contribution in [2.24, 2.45) is 17.8 Å². The Hall–Kier alpha value is -1.96. The molecule has 3 aliphatic carbocycles. The van der Waals surface area contributed by atoms with Crippen LogP contribution in [0.3, 0.4) is 0 Å². The van der Waals surface area contributed by atoms with Crippen LogP contribution in [0.4, 0.5) is 0 Å². The van der Waals surface area contributed by atoms with E-state index in [1.54, 1.807) is 22.4 Å². The molecule has 0 radical (unpaired) electrons. The van der Waals surface area contributed by atoms with Crippen molar-refractivity contribution in [3.05, 3.63) is 70.8 Å². The number of allylic oxidation sites excluding steroid dienone is 7. The van der Waals surface area contributed by atoms with E-state index in [0.717, 1.165) is 18.4 Å². The molecule has 2 nitrogen and oxygen atoms in total. The van der Waals surface area contributed by atoms with Crippen molar-refractivity contribution in [3.63, 3.8) is 0 Å². The lowest BCUT2D eigenvalue weighted by atomic mass is 9.72. The van der Waals surface area contributed by atoms with Gasteiger partial charge in [-0.3, -0.25) is 0 Å². The van der Waals surface area contributed by atoms with E-state index in [1.807, 2.05) is 0 Å². The Balaban J connectivity index is 1.43. The van der Waals surface area contributed by atoms with E-state index >= 15 is 0 Å². The van der Waals surface area contributed by atoms with E-state index < -0.39 is 0 Å². The zero-order valence-electron chi connectivity index (χ0n) is 16.9. The standard InChI is InChI=1S/C26H32N2/c1-2-6-18(7-3-1)16-20-11-13-22-23-17-27-15-14-25(23)28-24-9-5-4-8-19(24)10-12-21(20)26(22)28/h1-2,4,8,10,14,17-18,20,22,24,27H,3,5-7,9,11-13,15-16H2. The Morgan fingerprint density at radius 1 is 1.00 bits per heavy atom. The minimum Gasteiger partial charge on any atom is -0.387 e. The molecule has 0 bridgehead atoms. The molecule has 6 aliphatic rings. The summed E-state index contributed by atoms with van der Waals surface area (Å²) in [5, 5.41) is 3.51. The lowest BCUT2D eigenvalue weighted by Crippen LogP contribution is -2.35. The van der Waals surface area contributed by atoms with Crippen LogP contribution >= 0.6 is 0 Å². The van der Waals surface area contributed by atoms with E-state index in [-0.39, 0.29) is 0 Å². The number of nitrogens with one attached hydrogen (secondary N) is 1. The topological polar surface area (TPSA) is 15.3 Å². The summed E-state index contributed by atoms with van der Waals surface area (Å²) < 4.78 is 0. The van der Waals surface area contributed by atoms with Crippen LogP contribution < -0.4 is 5.32 Å². The predicted molar refractivity (Wildman–Crippen MR) is 115 cm³/mol. The molecule has 0 spiro atoms. The van der Waals surface area contributed by atoms with Crippen LogP contribution in [-0.2, 0) is 0 Å². The van der Waals surface area contributed by atoms with Gasteiger partial charge in [-0.05, 0) is 86.8 Å². The van der Waals surface area contributed by atoms with Crippen LogP contribution in [0.5, 0.6) is 0 Å². The summed E-state index contributed by atoms with van der Waals surface area (Å²) in [7, 11) is 0. The van der Waals surface area contributed by atoms with Gasteiger partial charge in [0.2, 0.25) is 0 Å². The second kappa shape index (κ2) is 6.83. The van der Waals surface area contributed by atoms with E-state index in [1.165, 1.54) is 63.5 Å². The fourth-order valence-corrected chi connectivity index (χ4v) is 6.70. The van der Waals surface area contributed by atoms with Crippen molar-refractivity contribution >= 4 is 0 Å².